The first-order chi connectivity index (χ1) is 6.97. The van der Waals surface area contributed by atoms with E-state index >= 15 is 0 Å². The number of nitrogens with zero attached hydrogens (tertiary/aromatic N) is 1. The number of H-pyrrole nitrogens is 1. The molecule has 4 nitrogen and oxygen atoms in total. The van der Waals surface area contributed by atoms with Crippen molar-refractivity contribution in [3.8, 4) is 0 Å². The maximum atomic E-state index is 11.8. The van der Waals surface area contributed by atoms with Crippen molar-refractivity contribution >= 4 is 5.69 Å². The fraction of sp³-hybridized carbons (Fsp3) is 0.500. The molecule has 7 heteroatoms. The van der Waals surface area contributed by atoms with Crippen molar-refractivity contribution in [2.24, 2.45) is 0 Å². The number of aromatic amines is 1. The van der Waals surface area contributed by atoms with Crippen molar-refractivity contribution in [3.05, 3.63) is 22.6 Å². The second-order valence-corrected chi connectivity index (χ2v) is 2.98. The quantitative estimate of drug-likeness (QED) is 0.758. The minimum absolute atomic E-state index is 0.0314. The average molecular weight is 221 g/mol. The summed E-state index contributed by atoms with van der Waals surface area (Å²) < 4.78 is 35.3. The van der Waals surface area contributed by atoms with Gasteiger partial charge in [-0.25, -0.2) is 5.10 Å². The molecule has 0 aromatic carbocycles. The van der Waals surface area contributed by atoms with Gasteiger partial charge in [0.15, 0.2) is 0 Å². The van der Waals surface area contributed by atoms with Gasteiger partial charge in [-0.05, 0) is 6.42 Å². The summed E-state index contributed by atoms with van der Waals surface area (Å²) in [5.41, 5.74) is 0.0248. The van der Waals surface area contributed by atoms with E-state index < -0.39 is 18.2 Å². The molecular weight excluding hydrogens is 211 g/mol. The van der Waals surface area contributed by atoms with Crippen LogP contribution in [0.15, 0.2) is 17.1 Å². The fourth-order valence-electron chi connectivity index (χ4n) is 0.994. The molecule has 1 rings (SSSR count). The standard InChI is InChI=1S/C8H10F3N3O/c9-8(10,11)2-1-3-12-6-4-7(15)14-13-5-6/h4-5H,1-3H2,(H2,12,14,15). The van der Waals surface area contributed by atoms with Gasteiger partial charge in [-0.2, -0.15) is 18.3 Å². The summed E-state index contributed by atoms with van der Waals surface area (Å²) in [6, 6.07) is 1.24. The Morgan fingerprint density at radius 2 is 2.20 bits per heavy atom. The number of rotatable bonds is 4. The lowest BCUT2D eigenvalue weighted by Crippen LogP contribution is -2.13. The zero-order chi connectivity index (χ0) is 11.3. The molecule has 0 spiro atoms. The van der Waals surface area contributed by atoms with Crippen LogP contribution in [-0.4, -0.2) is 22.9 Å². The molecule has 0 aliphatic heterocycles. The number of anilines is 1. The number of aromatic nitrogens is 2. The number of halogens is 3. The van der Waals surface area contributed by atoms with E-state index in [4.69, 9.17) is 0 Å². The van der Waals surface area contributed by atoms with Crippen LogP contribution in [0.3, 0.4) is 0 Å². The molecule has 1 aromatic rings. The zero-order valence-electron chi connectivity index (χ0n) is 7.77. The molecule has 0 bridgehead atoms. The van der Waals surface area contributed by atoms with Crippen LogP contribution in [0.1, 0.15) is 12.8 Å². The van der Waals surface area contributed by atoms with Gasteiger partial charge in [0.25, 0.3) is 5.56 Å². The first-order valence-electron chi connectivity index (χ1n) is 4.33. The summed E-state index contributed by atoms with van der Waals surface area (Å²) in [6.45, 7) is 0.157. The molecule has 1 heterocycles. The van der Waals surface area contributed by atoms with Crippen LogP contribution in [0.25, 0.3) is 0 Å². The zero-order valence-corrected chi connectivity index (χ0v) is 7.77. The average Bonchev–Trinajstić information content (AvgIpc) is 2.11. The number of hydrogen-bond acceptors (Lipinski definition) is 3. The molecule has 0 aliphatic rings. The summed E-state index contributed by atoms with van der Waals surface area (Å²) in [5, 5.41) is 8.33. The Balaban J connectivity index is 2.29. The molecule has 2 N–H and O–H groups in total. The van der Waals surface area contributed by atoms with Crippen molar-refractivity contribution in [1.29, 1.82) is 0 Å². The summed E-state index contributed by atoms with van der Waals surface area (Å²) in [4.78, 5) is 10.7. The first-order valence-corrected chi connectivity index (χ1v) is 4.33. The third kappa shape index (κ3) is 5.04. The number of alkyl halides is 3. The van der Waals surface area contributed by atoms with E-state index in [0.717, 1.165) is 0 Å². The van der Waals surface area contributed by atoms with Crippen LogP contribution in [-0.2, 0) is 0 Å². The molecule has 0 fully saturated rings. The van der Waals surface area contributed by atoms with Gasteiger partial charge in [-0.3, -0.25) is 4.79 Å². The van der Waals surface area contributed by atoms with Crippen LogP contribution in [0.5, 0.6) is 0 Å². The molecule has 0 radical (unpaired) electrons. The molecule has 0 atom stereocenters. The molecule has 0 saturated carbocycles. The van der Waals surface area contributed by atoms with E-state index in [9.17, 15) is 18.0 Å². The molecule has 1 aromatic heterocycles. The van der Waals surface area contributed by atoms with Gasteiger partial charge in [0.2, 0.25) is 0 Å². The third-order valence-corrected chi connectivity index (χ3v) is 1.63. The highest BCUT2D eigenvalue weighted by Gasteiger charge is 2.25. The monoisotopic (exact) mass is 221 g/mol. The first kappa shape index (κ1) is 11.5. The van der Waals surface area contributed by atoms with Crippen molar-refractivity contribution < 1.29 is 13.2 Å². The second-order valence-electron chi connectivity index (χ2n) is 2.98. The van der Waals surface area contributed by atoms with Gasteiger partial charge in [0.1, 0.15) is 0 Å². The molecule has 0 unspecified atom stereocenters. The number of nitrogens with one attached hydrogen (secondary N) is 2. The van der Waals surface area contributed by atoms with Crippen LogP contribution in [0, 0.1) is 0 Å². The summed E-state index contributed by atoms with van der Waals surface area (Å²) >= 11 is 0. The Morgan fingerprint density at radius 3 is 2.80 bits per heavy atom. The highest BCUT2D eigenvalue weighted by molar-refractivity contribution is 5.38. The molecule has 0 aliphatic carbocycles. The second kappa shape index (κ2) is 4.81. The Hall–Kier alpha value is -1.53. The lowest BCUT2D eigenvalue weighted by atomic mass is 10.3. The van der Waals surface area contributed by atoms with Crippen LogP contribution in [0.2, 0.25) is 0 Å². The maximum Gasteiger partial charge on any atom is 0.389 e. The van der Waals surface area contributed by atoms with Gasteiger partial charge in [0.05, 0.1) is 11.9 Å². The Labute approximate surface area is 83.5 Å². The largest absolute Gasteiger partial charge is 0.389 e. The van der Waals surface area contributed by atoms with Crippen LogP contribution in [0.4, 0.5) is 18.9 Å². The summed E-state index contributed by atoms with van der Waals surface area (Å²) in [5.74, 6) is 0. The van der Waals surface area contributed by atoms with Crippen molar-refractivity contribution in [2.75, 3.05) is 11.9 Å². The Bertz CT molecular complexity index is 361. The van der Waals surface area contributed by atoms with E-state index in [1.807, 2.05) is 0 Å². The molecule has 84 valence electrons. The minimum Gasteiger partial charge on any atom is -0.384 e. The maximum absolute atomic E-state index is 11.8. The van der Waals surface area contributed by atoms with E-state index in [1.165, 1.54) is 12.3 Å². The molecule has 0 saturated heterocycles. The minimum atomic E-state index is -4.13. The van der Waals surface area contributed by atoms with Crippen LogP contribution >= 0.6 is 0 Å². The lowest BCUT2D eigenvalue weighted by molar-refractivity contribution is -0.134. The lowest BCUT2D eigenvalue weighted by Gasteiger charge is -2.07. The normalized spacial score (nSPS) is 11.4. The van der Waals surface area contributed by atoms with E-state index in [0.29, 0.717) is 5.69 Å². The van der Waals surface area contributed by atoms with E-state index in [1.54, 1.807) is 0 Å². The van der Waals surface area contributed by atoms with Gasteiger partial charge in [-0.1, -0.05) is 0 Å². The van der Waals surface area contributed by atoms with Gasteiger partial charge in [-0.15, -0.1) is 0 Å². The van der Waals surface area contributed by atoms with Gasteiger partial charge >= 0.3 is 6.18 Å². The molecule has 15 heavy (non-hydrogen) atoms. The van der Waals surface area contributed by atoms with E-state index in [-0.39, 0.29) is 13.0 Å². The highest BCUT2D eigenvalue weighted by atomic mass is 19.4. The highest BCUT2D eigenvalue weighted by Crippen LogP contribution is 2.20. The smallest absolute Gasteiger partial charge is 0.384 e. The predicted molar refractivity (Wildman–Crippen MR) is 48.6 cm³/mol. The van der Waals surface area contributed by atoms with Crippen molar-refractivity contribution in [3.63, 3.8) is 0 Å². The summed E-state index contributed by atoms with van der Waals surface area (Å²) in [7, 11) is 0. The van der Waals surface area contributed by atoms with Crippen LogP contribution < -0.4 is 10.9 Å². The predicted octanol–water partition coefficient (Wildman–Crippen LogP) is 1.52. The van der Waals surface area contributed by atoms with E-state index in [2.05, 4.69) is 15.5 Å². The third-order valence-electron chi connectivity index (χ3n) is 1.63. The molecule has 0 amide bonds. The van der Waals surface area contributed by atoms with Crippen molar-refractivity contribution in [1.82, 2.24) is 10.2 Å². The fourth-order valence-corrected chi connectivity index (χ4v) is 0.994. The summed E-state index contributed by atoms with van der Waals surface area (Å²) in [6.07, 6.45) is -3.66. The Kier molecular flexibility index (Phi) is 3.70. The molecular formula is C8H10F3N3O. The number of hydrogen-bond donors (Lipinski definition) is 2. The Morgan fingerprint density at radius 1 is 1.47 bits per heavy atom. The SMILES string of the molecule is O=c1cc(NCCCC(F)(F)F)cn[nH]1. The van der Waals surface area contributed by atoms with Gasteiger partial charge < -0.3 is 5.32 Å². The van der Waals surface area contributed by atoms with Gasteiger partial charge in [0, 0.05) is 19.0 Å². The van der Waals surface area contributed by atoms with Crippen molar-refractivity contribution in [2.45, 2.75) is 19.0 Å². The topological polar surface area (TPSA) is 57.8 Å².